The van der Waals surface area contributed by atoms with Crippen LogP contribution < -0.4 is 10.6 Å². The number of anilines is 1. The third-order valence-electron chi connectivity index (χ3n) is 2.71. The number of carbonyl (C=O) groups excluding carboxylic acids is 1. The van der Waals surface area contributed by atoms with E-state index in [2.05, 4.69) is 20.6 Å². The highest BCUT2D eigenvalue weighted by Crippen LogP contribution is 2.21. The number of amides is 1. The Morgan fingerprint density at radius 2 is 2.28 bits per heavy atom. The van der Waals surface area contributed by atoms with Crippen molar-refractivity contribution in [3.05, 3.63) is 24.0 Å². The van der Waals surface area contributed by atoms with Crippen molar-refractivity contribution < 1.29 is 4.79 Å². The van der Waals surface area contributed by atoms with Gasteiger partial charge in [0.2, 0.25) is 5.91 Å². The van der Waals surface area contributed by atoms with Crippen LogP contribution in [0, 0.1) is 0 Å². The molecule has 0 saturated carbocycles. The molecular formula is C13H18N4O. The monoisotopic (exact) mass is 246 g/mol. The lowest BCUT2D eigenvalue weighted by molar-refractivity contribution is -0.114. The summed E-state index contributed by atoms with van der Waals surface area (Å²) in [7, 11) is 1.94. The molecule has 18 heavy (non-hydrogen) atoms. The highest BCUT2D eigenvalue weighted by Gasteiger charge is 2.07. The summed E-state index contributed by atoms with van der Waals surface area (Å²) < 4.78 is 0. The van der Waals surface area contributed by atoms with Crippen molar-refractivity contribution >= 4 is 22.6 Å². The summed E-state index contributed by atoms with van der Waals surface area (Å²) in [5.74, 6) is 0.875. The number of para-hydroxylation sites is 1. The molecule has 0 saturated heterocycles. The summed E-state index contributed by atoms with van der Waals surface area (Å²) in [5.41, 5.74) is 2.55. The van der Waals surface area contributed by atoms with E-state index in [1.807, 2.05) is 25.2 Å². The minimum absolute atomic E-state index is 0.0813. The van der Waals surface area contributed by atoms with Gasteiger partial charge < -0.3 is 15.6 Å². The number of benzene rings is 1. The van der Waals surface area contributed by atoms with Gasteiger partial charge in [-0.3, -0.25) is 4.79 Å². The number of hydrogen-bond donors (Lipinski definition) is 3. The lowest BCUT2D eigenvalue weighted by Crippen LogP contribution is -2.08. The molecule has 0 bridgehead atoms. The van der Waals surface area contributed by atoms with Crippen LogP contribution in [0.3, 0.4) is 0 Å². The number of aryl methyl sites for hydroxylation is 1. The molecule has 1 amide bonds. The topological polar surface area (TPSA) is 69.8 Å². The molecule has 0 fully saturated rings. The van der Waals surface area contributed by atoms with Crippen molar-refractivity contribution in [2.24, 2.45) is 0 Å². The van der Waals surface area contributed by atoms with E-state index in [1.165, 1.54) is 6.92 Å². The Morgan fingerprint density at radius 3 is 3.00 bits per heavy atom. The molecule has 1 aromatic heterocycles. The van der Waals surface area contributed by atoms with Gasteiger partial charge in [-0.25, -0.2) is 4.98 Å². The number of hydrogen-bond acceptors (Lipinski definition) is 3. The van der Waals surface area contributed by atoms with E-state index >= 15 is 0 Å². The van der Waals surface area contributed by atoms with Crippen molar-refractivity contribution in [2.45, 2.75) is 19.8 Å². The standard InChI is InChI=1S/C13H18N4O/c1-9(18)15-10-5-3-6-11-13(10)17-12(16-11)7-4-8-14-2/h3,5-6,14H,4,7-8H2,1-2H3,(H,15,18)(H,16,17). The fraction of sp³-hybridized carbons (Fsp3) is 0.385. The van der Waals surface area contributed by atoms with Gasteiger partial charge in [-0.1, -0.05) is 6.07 Å². The van der Waals surface area contributed by atoms with Gasteiger partial charge in [0, 0.05) is 13.3 Å². The van der Waals surface area contributed by atoms with E-state index in [9.17, 15) is 4.79 Å². The maximum absolute atomic E-state index is 11.1. The Morgan fingerprint density at radius 1 is 1.44 bits per heavy atom. The molecule has 1 heterocycles. The molecule has 0 unspecified atom stereocenters. The molecule has 5 heteroatoms. The van der Waals surface area contributed by atoms with Crippen LogP contribution in [-0.4, -0.2) is 29.5 Å². The lowest BCUT2D eigenvalue weighted by Gasteiger charge is -2.01. The largest absolute Gasteiger partial charge is 0.342 e. The predicted molar refractivity (Wildman–Crippen MR) is 72.6 cm³/mol. The number of fused-ring (bicyclic) bond motifs is 1. The molecule has 3 N–H and O–H groups in total. The average Bonchev–Trinajstić information content (AvgIpc) is 2.73. The lowest BCUT2D eigenvalue weighted by atomic mass is 10.2. The van der Waals surface area contributed by atoms with Gasteiger partial charge in [-0.05, 0) is 32.1 Å². The number of carbonyl (C=O) groups is 1. The van der Waals surface area contributed by atoms with Gasteiger partial charge in [-0.2, -0.15) is 0 Å². The Labute approximate surface area is 106 Å². The second-order valence-electron chi connectivity index (χ2n) is 4.27. The molecule has 0 atom stereocenters. The van der Waals surface area contributed by atoms with E-state index < -0.39 is 0 Å². The quantitative estimate of drug-likeness (QED) is 0.703. The molecule has 0 aliphatic rings. The summed E-state index contributed by atoms with van der Waals surface area (Å²) in [6, 6.07) is 5.74. The highest BCUT2D eigenvalue weighted by atomic mass is 16.1. The first-order chi connectivity index (χ1) is 8.70. The Kier molecular flexibility index (Phi) is 3.94. The number of rotatable bonds is 5. The molecule has 2 rings (SSSR count). The molecule has 0 radical (unpaired) electrons. The van der Waals surface area contributed by atoms with Gasteiger partial charge >= 0.3 is 0 Å². The Balaban J connectivity index is 2.23. The van der Waals surface area contributed by atoms with Crippen molar-refractivity contribution in [1.29, 1.82) is 0 Å². The molecule has 0 aliphatic carbocycles. The van der Waals surface area contributed by atoms with Gasteiger partial charge in [0.1, 0.15) is 11.3 Å². The van der Waals surface area contributed by atoms with E-state index in [4.69, 9.17) is 0 Å². The van der Waals surface area contributed by atoms with Crippen LogP contribution in [0.5, 0.6) is 0 Å². The Hall–Kier alpha value is -1.88. The minimum Gasteiger partial charge on any atom is -0.342 e. The number of nitrogens with one attached hydrogen (secondary N) is 3. The zero-order valence-electron chi connectivity index (χ0n) is 10.7. The number of nitrogens with zero attached hydrogens (tertiary/aromatic N) is 1. The van der Waals surface area contributed by atoms with Gasteiger partial charge in [0.15, 0.2) is 0 Å². The van der Waals surface area contributed by atoms with Crippen LogP contribution in [-0.2, 0) is 11.2 Å². The van der Waals surface area contributed by atoms with Crippen molar-refractivity contribution in [1.82, 2.24) is 15.3 Å². The second kappa shape index (κ2) is 5.64. The van der Waals surface area contributed by atoms with Crippen LogP contribution in [0.2, 0.25) is 0 Å². The van der Waals surface area contributed by atoms with Gasteiger partial charge in [0.25, 0.3) is 0 Å². The first kappa shape index (κ1) is 12.6. The van der Waals surface area contributed by atoms with Crippen molar-refractivity contribution in [3.63, 3.8) is 0 Å². The summed E-state index contributed by atoms with van der Waals surface area (Å²) in [6.45, 7) is 2.47. The minimum atomic E-state index is -0.0813. The molecule has 5 nitrogen and oxygen atoms in total. The van der Waals surface area contributed by atoms with E-state index in [-0.39, 0.29) is 5.91 Å². The second-order valence-corrected chi connectivity index (χ2v) is 4.27. The first-order valence-corrected chi connectivity index (χ1v) is 6.10. The molecule has 2 aromatic rings. The van der Waals surface area contributed by atoms with Gasteiger partial charge in [0.05, 0.1) is 11.2 Å². The third-order valence-corrected chi connectivity index (χ3v) is 2.71. The molecule has 1 aromatic carbocycles. The molecule has 96 valence electrons. The van der Waals surface area contributed by atoms with Crippen molar-refractivity contribution in [3.8, 4) is 0 Å². The predicted octanol–water partition coefficient (Wildman–Crippen LogP) is 1.67. The third kappa shape index (κ3) is 2.87. The normalized spacial score (nSPS) is 10.8. The molecule has 0 spiro atoms. The SMILES string of the molecule is CNCCCc1nc2c(NC(C)=O)cccc2[nH]1. The van der Waals surface area contributed by atoms with Crippen molar-refractivity contribution in [2.75, 3.05) is 18.9 Å². The van der Waals surface area contributed by atoms with Crippen LogP contribution in [0.4, 0.5) is 5.69 Å². The zero-order chi connectivity index (χ0) is 13.0. The molecule has 0 aliphatic heterocycles. The summed E-state index contributed by atoms with van der Waals surface area (Å²) in [4.78, 5) is 18.9. The number of aromatic amines is 1. The van der Waals surface area contributed by atoms with Crippen LogP contribution in [0.1, 0.15) is 19.2 Å². The van der Waals surface area contributed by atoms with Crippen LogP contribution in [0.15, 0.2) is 18.2 Å². The van der Waals surface area contributed by atoms with Crippen LogP contribution in [0.25, 0.3) is 11.0 Å². The molecular weight excluding hydrogens is 228 g/mol. The highest BCUT2D eigenvalue weighted by molar-refractivity contribution is 5.98. The smallest absolute Gasteiger partial charge is 0.221 e. The maximum atomic E-state index is 11.1. The average molecular weight is 246 g/mol. The first-order valence-electron chi connectivity index (χ1n) is 6.10. The summed E-state index contributed by atoms with van der Waals surface area (Å²) in [5, 5.41) is 5.91. The van der Waals surface area contributed by atoms with Crippen LogP contribution >= 0.6 is 0 Å². The Bertz CT molecular complexity index is 547. The van der Waals surface area contributed by atoms with E-state index in [1.54, 1.807) is 0 Å². The number of H-pyrrole nitrogens is 1. The van der Waals surface area contributed by atoms with Gasteiger partial charge in [-0.15, -0.1) is 0 Å². The number of imidazole rings is 1. The summed E-state index contributed by atoms with van der Waals surface area (Å²) in [6.07, 6.45) is 1.93. The fourth-order valence-electron chi connectivity index (χ4n) is 1.92. The number of aromatic nitrogens is 2. The van der Waals surface area contributed by atoms with E-state index in [0.29, 0.717) is 0 Å². The fourth-order valence-corrected chi connectivity index (χ4v) is 1.92. The van der Waals surface area contributed by atoms with E-state index in [0.717, 1.165) is 41.9 Å². The summed E-state index contributed by atoms with van der Waals surface area (Å²) >= 11 is 0. The maximum Gasteiger partial charge on any atom is 0.221 e. The zero-order valence-corrected chi connectivity index (χ0v) is 10.7.